The third kappa shape index (κ3) is 1.74. The van der Waals surface area contributed by atoms with Gasteiger partial charge in [-0.25, -0.2) is 0 Å². The van der Waals surface area contributed by atoms with E-state index < -0.39 is 0 Å². The maximum absolute atomic E-state index is 5.70. The van der Waals surface area contributed by atoms with Crippen molar-refractivity contribution in [3.8, 4) is 0 Å². The van der Waals surface area contributed by atoms with Gasteiger partial charge in [0.05, 0.1) is 0 Å². The number of rotatable bonds is 2. The van der Waals surface area contributed by atoms with Crippen LogP contribution in [0, 0.1) is 0 Å². The SMILES string of the molecule is NCC1NCCC1c1ccccc1. The smallest absolute Gasteiger partial charge is 0.0259 e. The quantitative estimate of drug-likeness (QED) is 0.708. The van der Waals surface area contributed by atoms with Crippen molar-refractivity contribution < 1.29 is 0 Å². The van der Waals surface area contributed by atoms with Gasteiger partial charge in [0.2, 0.25) is 0 Å². The van der Waals surface area contributed by atoms with Crippen molar-refractivity contribution in [1.82, 2.24) is 5.32 Å². The zero-order valence-corrected chi connectivity index (χ0v) is 7.74. The van der Waals surface area contributed by atoms with Crippen molar-refractivity contribution in [1.29, 1.82) is 0 Å². The molecule has 1 heterocycles. The average molecular weight is 176 g/mol. The van der Waals surface area contributed by atoms with Gasteiger partial charge in [-0.15, -0.1) is 0 Å². The van der Waals surface area contributed by atoms with Gasteiger partial charge < -0.3 is 11.1 Å². The molecule has 0 amide bonds. The first-order valence-corrected chi connectivity index (χ1v) is 4.90. The Morgan fingerprint density at radius 2 is 2.08 bits per heavy atom. The highest BCUT2D eigenvalue weighted by Crippen LogP contribution is 2.26. The summed E-state index contributed by atoms with van der Waals surface area (Å²) in [4.78, 5) is 0. The van der Waals surface area contributed by atoms with Gasteiger partial charge in [-0.05, 0) is 18.5 Å². The minimum Gasteiger partial charge on any atom is -0.329 e. The van der Waals surface area contributed by atoms with Crippen LogP contribution in [0.4, 0.5) is 0 Å². The van der Waals surface area contributed by atoms with Crippen molar-refractivity contribution in [2.45, 2.75) is 18.4 Å². The molecule has 2 nitrogen and oxygen atoms in total. The molecule has 1 aliphatic heterocycles. The molecule has 1 saturated heterocycles. The highest BCUT2D eigenvalue weighted by Gasteiger charge is 2.26. The Morgan fingerprint density at radius 1 is 1.31 bits per heavy atom. The summed E-state index contributed by atoms with van der Waals surface area (Å²) in [6.07, 6.45) is 1.21. The first kappa shape index (κ1) is 8.73. The number of nitrogens with two attached hydrogens (primary N) is 1. The van der Waals surface area contributed by atoms with Crippen LogP contribution in [0.2, 0.25) is 0 Å². The largest absolute Gasteiger partial charge is 0.329 e. The molecule has 0 aliphatic carbocycles. The topological polar surface area (TPSA) is 38.0 Å². The predicted octanol–water partition coefficient (Wildman–Crippen LogP) is 1.09. The summed E-state index contributed by atoms with van der Waals surface area (Å²) < 4.78 is 0. The summed E-state index contributed by atoms with van der Waals surface area (Å²) in [7, 11) is 0. The van der Waals surface area contributed by atoms with Crippen LogP contribution in [-0.4, -0.2) is 19.1 Å². The molecule has 0 saturated carbocycles. The van der Waals surface area contributed by atoms with Crippen molar-refractivity contribution in [3.05, 3.63) is 35.9 Å². The van der Waals surface area contributed by atoms with Gasteiger partial charge >= 0.3 is 0 Å². The normalized spacial score (nSPS) is 27.8. The molecular formula is C11H16N2. The highest BCUT2D eigenvalue weighted by molar-refractivity contribution is 5.22. The number of benzene rings is 1. The van der Waals surface area contributed by atoms with Gasteiger partial charge in [-0.2, -0.15) is 0 Å². The second-order valence-electron chi connectivity index (χ2n) is 3.60. The number of nitrogens with one attached hydrogen (secondary N) is 1. The van der Waals surface area contributed by atoms with E-state index in [0.29, 0.717) is 12.0 Å². The molecule has 0 radical (unpaired) electrons. The molecule has 2 unspecified atom stereocenters. The van der Waals surface area contributed by atoms with Crippen molar-refractivity contribution in [2.75, 3.05) is 13.1 Å². The average Bonchev–Trinajstić information content (AvgIpc) is 2.67. The standard InChI is InChI=1S/C11H16N2/c12-8-11-10(6-7-13-11)9-4-2-1-3-5-9/h1-5,10-11,13H,6-8,12H2. The Balaban J connectivity index is 2.16. The zero-order valence-electron chi connectivity index (χ0n) is 7.74. The van der Waals surface area contributed by atoms with E-state index in [4.69, 9.17) is 5.73 Å². The summed E-state index contributed by atoms with van der Waals surface area (Å²) in [5.41, 5.74) is 7.12. The van der Waals surface area contributed by atoms with Crippen molar-refractivity contribution in [3.63, 3.8) is 0 Å². The van der Waals surface area contributed by atoms with Crippen LogP contribution in [-0.2, 0) is 0 Å². The van der Waals surface area contributed by atoms with E-state index in [1.54, 1.807) is 0 Å². The van der Waals surface area contributed by atoms with Crippen LogP contribution in [0.5, 0.6) is 0 Å². The summed E-state index contributed by atoms with van der Waals surface area (Å²) in [6.45, 7) is 1.83. The number of hydrogen-bond acceptors (Lipinski definition) is 2. The molecule has 2 rings (SSSR count). The lowest BCUT2D eigenvalue weighted by atomic mass is 9.92. The van der Waals surface area contributed by atoms with Gasteiger partial charge in [-0.1, -0.05) is 30.3 Å². The molecule has 2 atom stereocenters. The second-order valence-corrected chi connectivity index (χ2v) is 3.60. The fourth-order valence-corrected chi connectivity index (χ4v) is 2.11. The summed E-state index contributed by atoms with van der Waals surface area (Å²) in [5, 5.41) is 3.43. The molecule has 13 heavy (non-hydrogen) atoms. The molecule has 3 N–H and O–H groups in total. The molecule has 2 heteroatoms. The summed E-state index contributed by atoms with van der Waals surface area (Å²) in [6, 6.07) is 11.1. The van der Waals surface area contributed by atoms with Crippen LogP contribution in [0.25, 0.3) is 0 Å². The van der Waals surface area contributed by atoms with Crippen molar-refractivity contribution in [2.24, 2.45) is 5.73 Å². The first-order chi connectivity index (χ1) is 6.42. The molecular weight excluding hydrogens is 160 g/mol. The third-order valence-corrected chi connectivity index (χ3v) is 2.83. The number of hydrogen-bond donors (Lipinski definition) is 2. The molecule has 0 spiro atoms. The molecule has 1 fully saturated rings. The predicted molar refractivity (Wildman–Crippen MR) is 54.6 cm³/mol. The van der Waals surface area contributed by atoms with Crippen LogP contribution in [0.3, 0.4) is 0 Å². The van der Waals surface area contributed by atoms with Crippen LogP contribution < -0.4 is 11.1 Å². The van der Waals surface area contributed by atoms with Crippen molar-refractivity contribution >= 4 is 0 Å². The lowest BCUT2D eigenvalue weighted by Crippen LogP contribution is -2.33. The Bertz CT molecular complexity index is 258. The van der Waals surface area contributed by atoms with E-state index in [1.807, 2.05) is 0 Å². The Kier molecular flexibility index (Phi) is 2.62. The van der Waals surface area contributed by atoms with Gasteiger partial charge in [0.15, 0.2) is 0 Å². The summed E-state index contributed by atoms with van der Waals surface area (Å²) >= 11 is 0. The maximum atomic E-state index is 5.70. The highest BCUT2D eigenvalue weighted by atomic mass is 15.0. The molecule has 70 valence electrons. The van der Waals surface area contributed by atoms with Crippen LogP contribution in [0.15, 0.2) is 30.3 Å². The van der Waals surface area contributed by atoms with E-state index in [0.717, 1.165) is 13.1 Å². The van der Waals surface area contributed by atoms with Crippen LogP contribution >= 0.6 is 0 Å². The zero-order chi connectivity index (χ0) is 9.10. The lowest BCUT2D eigenvalue weighted by molar-refractivity contribution is 0.557. The van der Waals surface area contributed by atoms with E-state index in [1.165, 1.54) is 12.0 Å². The van der Waals surface area contributed by atoms with Gasteiger partial charge in [0, 0.05) is 18.5 Å². The summed E-state index contributed by atoms with van der Waals surface area (Å²) in [5.74, 6) is 0.617. The van der Waals surface area contributed by atoms with Gasteiger partial charge in [0.1, 0.15) is 0 Å². The van der Waals surface area contributed by atoms with E-state index >= 15 is 0 Å². The van der Waals surface area contributed by atoms with Crippen LogP contribution in [0.1, 0.15) is 17.9 Å². The van der Waals surface area contributed by atoms with E-state index in [2.05, 4.69) is 35.6 Å². The van der Waals surface area contributed by atoms with Gasteiger partial charge in [-0.3, -0.25) is 0 Å². The monoisotopic (exact) mass is 176 g/mol. The molecule has 0 bridgehead atoms. The maximum Gasteiger partial charge on any atom is 0.0259 e. The van der Waals surface area contributed by atoms with E-state index in [9.17, 15) is 0 Å². The fourth-order valence-electron chi connectivity index (χ4n) is 2.11. The molecule has 0 aromatic heterocycles. The third-order valence-electron chi connectivity index (χ3n) is 2.83. The fraction of sp³-hybridized carbons (Fsp3) is 0.455. The minimum atomic E-state index is 0.474. The molecule has 1 aromatic carbocycles. The lowest BCUT2D eigenvalue weighted by Gasteiger charge is -2.17. The second kappa shape index (κ2) is 3.90. The Labute approximate surface area is 79.1 Å². The Hall–Kier alpha value is -0.860. The van der Waals surface area contributed by atoms with Gasteiger partial charge in [0.25, 0.3) is 0 Å². The van der Waals surface area contributed by atoms with E-state index in [-0.39, 0.29) is 0 Å². The Morgan fingerprint density at radius 3 is 2.77 bits per heavy atom. The molecule has 1 aliphatic rings. The first-order valence-electron chi connectivity index (χ1n) is 4.90. The minimum absolute atomic E-state index is 0.474. The molecule has 1 aromatic rings.